The largest absolute Gasteiger partial charge is 0.347 e. The summed E-state index contributed by atoms with van der Waals surface area (Å²) in [6.07, 6.45) is 3.63. The fourth-order valence-electron chi connectivity index (χ4n) is 3.11. The summed E-state index contributed by atoms with van der Waals surface area (Å²) in [6, 6.07) is -0.683. The molecule has 8 heteroatoms. The third-order valence-electron chi connectivity index (χ3n) is 4.67. The number of hydrogen-bond acceptors (Lipinski definition) is 5. The summed E-state index contributed by atoms with van der Waals surface area (Å²) in [5.41, 5.74) is -0.462. The Balaban J connectivity index is 0.00000676. The maximum Gasteiger partial charge on any atom is 0.245 e. The van der Waals surface area contributed by atoms with E-state index >= 15 is 0 Å². The predicted octanol–water partition coefficient (Wildman–Crippen LogP) is 1.19. The molecule has 1 rings (SSSR count). The van der Waals surface area contributed by atoms with E-state index in [-0.39, 0.29) is 25.8 Å². The number of likely N-dealkylation sites (N-methyl/N-ethyl adjacent to an activating group) is 1. The van der Waals surface area contributed by atoms with Gasteiger partial charge in [0.1, 0.15) is 6.04 Å². The van der Waals surface area contributed by atoms with E-state index in [9.17, 15) is 19.6 Å². The zero-order valence-electron chi connectivity index (χ0n) is 16.7. The number of nitrogens with zero attached hydrogens (tertiary/aromatic N) is 3. The molecule has 1 fully saturated rings. The second-order valence-electron chi connectivity index (χ2n) is 8.33. The van der Waals surface area contributed by atoms with Crippen molar-refractivity contribution in [2.45, 2.75) is 53.5 Å². The fourth-order valence-corrected chi connectivity index (χ4v) is 3.11. The highest BCUT2D eigenvalue weighted by Gasteiger charge is 2.36. The molecule has 0 aliphatic carbocycles. The zero-order chi connectivity index (χ0) is 19.9. The summed E-state index contributed by atoms with van der Waals surface area (Å²) in [4.78, 5) is 39.8. The molecule has 0 aromatic rings. The Morgan fingerprint density at radius 2 is 1.74 bits per heavy atom. The van der Waals surface area contributed by atoms with Gasteiger partial charge in [-0.1, -0.05) is 34.6 Å². The average molecular weight is 387 g/mol. The highest BCUT2D eigenvalue weighted by atomic mass is 16.5. The van der Waals surface area contributed by atoms with Gasteiger partial charge in [-0.25, -0.2) is 5.06 Å². The maximum atomic E-state index is 12.9. The number of likely N-dealkylation sites (tertiary alicyclic amines) is 1. The van der Waals surface area contributed by atoms with E-state index in [4.69, 9.17) is 0 Å². The van der Waals surface area contributed by atoms with E-state index in [2.05, 4.69) is 10.2 Å². The minimum Gasteiger partial charge on any atom is -0.347 e. The lowest BCUT2D eigenvalue weighted by molar-refractivity contribution is -0.156. The molecule has 0 radical (unpaired) electrons. The van der Waals surface area contributed by atoms with E-state index in [1.54, 1.807) is 14.1 Å². The third-order valence-corrected chi connectivity index (χ3v) is 4.67. The number of rotatable bonds is 8. The molecule has 0 saturated carbocycles. The van der Waals surface area contributed by atoms with E-state index in [1.165, 1.54) is 11.3 Å². The summed E-state index contributed by atoms with van der Waals surface area (Å²) in [5.74, 6) is -1.12. The number of nitrogens with one attached hydrogen (secondary N) is 1. The molecular weight excluding hydrogens is 348 g/mol. The van der Waals surface area contributed by atoms with Crippen LogP contribution in [0.5, 0.6) is 0 Å². The van der Waals surface area contributed by atoms with Gasteiger partial charge in [0.15, 0.2) is 0 Å². The van der Waals surface area contributed by atoms with Crippen LogP contribution in [0.3, 0.4) is 0 Å². The van der Waals surface area contributed by atoms with Crippen LogP contribution in [0.25, 0.3) is 0 Å². The first kappa shape index (κ1) is 25.3. The highest BCUT2D eigenvalue weighted by molar-refractivity contribution is 5.89. The molecule has 1 saturated heterocycles. The van der Waals surface area contributed by atoms with Crippen LogP contribution in [0, 0.1) is 11.3 Å². The molecule has 0 spiro atoms. The quantitative estimate of drug-likeness (QED) is 0.371. The van der Waals surface area contributed by atoms with Crippen molar-refractivity contribution in [1.29, 1.82) is 0 Å². The second-order valence-corrected chi connectivity index (χ2v) is 8.33. The van der Waals surface area contributed by atoms with Crippen molar-refractivity contribution in [2.75, 3.05) is 40.3 Å². The van der Waals surface area contributed by atoms with Gasteiger partial charge in [-0.2, -0.15) is 0 Å². The number of carbonyl (C=O) groups is 3. The Morgan fingerprint density at radius 1 is 1.19 bits per heavy atom. The van der Waals surface area contributed by atoms with Gasteiger partial charge in [-0.3, -0.25) is 19.6 Å². The Bertz CT molecular complexity index is 485. The van der Waals surface area contributed by atoms with Crippen molar-refractivity contribution >= 4 is 18.2 Å². The van der Waals surface area contributed by atoms with Crippen molar-refractivity contribution in [3.8, 4) is 0 Å². The average Bonchev–Trinajstić information content (AvgIpc) is 2.57. The molecule has 0 aromatic heterocycles. The van der Waals surface area contributed by atoms with Gasteiger partial charge in [0.05, 0.1) is 12.5 Å². The van der Waals surface area contributed by atoms with Crippen molar-refractivity contribution in [3.05, 3.63) is 0 Å². The molecule has 1 unspecified atom stereocenters. The lowest BCUT2D eigenvalue weighted by Crippen LogP contribution is -2.56. The monoisotopic (exact) mass is 386 g/mol. The summed E-state index contributed by atoms with van der Waals surface area (Å²) in [6.45, 7) is 7.82. The summed E-state index contributed by atoms with van der Waals surface area (Å²) < 4.78 is 0. The van der Waals surface area contributed by atoms with Crippen molar-refractivity contribution in [1.82, 2.24) is 20.2 Å². The molecule has 1 aliphatic rings. The summed E-state index contributed by atoms with van der Waals surface area (Å²) >= 11 is 0. The van der Waals surface area contributed by atoms with Gasteiger partial charge >= 0.3 is 0 Å². The molecule has 1 heterocycles. The standard InChI is InChI=1S/C18H34N4O4.CH4/c1-18(2,3)15(17(25)20(4)5)19-16(24)14(12-22(26)13-23)11-21-9-7-6-8-10-21;/h13-15,26H,6-12H2,1-5H3,(H,19,24);1H4/t14?,15-;/m1./s1. The van der Waals surface area contributed by atoms with Gasteiger partial charge in [0.25, 0.3) is 0 Å². The van der Waals surface area contributed by atoms with Gasteiger partial charge < -0.3 is 15.1 Å². The number of hydrogen-bond donors (Lipinski definition) is 2. The van der Waals surface area contributed by atoms with Crippen LogP contribution in [-0.4, -0.2) is 84.6 Å². The molecule has 2 N–H and O–H groups in total. The first-order valence-electron chi connectivity index (χ1n) is 9.21. The van der Waals surface area contributed by atoms with E-state index < -0.39 is 17.4 Å². The minimum absolute atomic E-state index is 0. The predicted molar refractivity (Wildman–Crippen MR) is 105 cm³/mol. The van der Waals surface area contributed by atoms with Crippen LogP contribution in [0.15, 0.2) is 0 Å². The van der Waals surface area contributed by atoms with Gasteiger partial charge in [0.2, 0.25) is 18.2 Å². The molecule has 0 aromatic carbocycles. The Hall–Kier alpha value is -1.67. The molecule has 2 atom stereocenters. The minimum atomic E-state index is -0.683. The number of piperidine rings is 1. The molecule has 3 amide bonds. The molecular formula is C19H38N4O4. The Labute approximate surface area is 163 Å². The second kappa shape index (κ2) is 11.2. The lowest BCUT2D eigenvalue weighted by Gasteiger charge is -2.35. The molecule has 8 nitrogen and oxygen atoms in total. The topological polar surface area (TPSA) is 93.2 Å². The van der Waals surface area contributed by atoms with E-state index in [1.807, 2.05) is 20.8 Å². The highest BCUT2D eigenvalue weighted by Crippen LogP contribution is 2.21. The van der Waals surface area contributed by atoms with Crippen LogP contribution < -0.4 is 5.32 Å². The molecule has 0 bridgehead atoms. The van der Waals surface area contributed by atoms with Gasteiger partial charge in [-0.15, -0.1) is 0 Å². The Morgan fingerprint density at radius 3 is 2.19 bits per heavy atom. The fraction of sp³-hybridized carbons (Fsp3) is 0.842. The first-order valence-corrected chi connectivity index (χ1v) is 9.21. The van der Waals surface area contributed by atoms with Crippen LogP contribution in [-0.2, 0) is 14.4 Å². The smallest absolute Gasteiger partial charge is 0.245 e. The maximum absolute atomic E-state index is 12.9. The first-order chi connectivity index (χ1) is 12.1. The number of amides is 3. The van der Waals surface area contributed by atoms with Gasteiger partial charge in [0, 0.05) is 20.6 Å². The van der Waals surface area contributed by atoms with Crippen LogP contribution in [0.1, 0.15) is 47.5 Å². The zero-order valence-corrected chi connectivity index (χ0v) is 16.7. The van der Waals surface area contributed by atoms with Crippen LogP contribution >= 0.6 is 0 Å². The normalized spacial score (nSPS) is 17.3. The third kappa shape index (κ3) is 8.26. The van der Waals surface area contributed by atoms with Gasteiger partial charge in [-0.05, 0) is 31.3 Å². The molecule has 1 aliphatic heterocycles. The van der Waals surface area contributed by atoms with Crippen molar-refractivity contribution in [3.63, 3.8) is 0 Å². The summed E-state index contributed by atoms with van der Waals surface area (Å²) in [5, 5.41) is 12.9. The molecule has 158 valence electrons. The van der Waals surface area contributed by atoms with E-state index in [0.717, 1.165) is 25.9 Å². The van der Waals surface area contributed by atoms with Crippen LogP contribution in [0.4, 0.5) is 0 Å². The Kier molecular flexibility index (Phi) is 10.5. The van der Waals surface area contributed by atoms with E-state index in [0.29, 0.717) is 18.0 Å². The lowest BCUT2D eigenvalue weighted by atomic mass is 9.85. The van der Waals surface area contributed by atoms with Crippen molar-refractivity contribution in [2.24, 2.45) is 11.3 Å². The number of hydroxylamine groups is 2. The van der Waals surface area contributed by atoms with Crippen molar-refractivity contribution < 1.29 is 19.6 Å². The summed E-state index contributed by atoms with van der Waals surface area (Å²) in [7, 11) is 3.31. The molecule has 27 heavy (non-hydrogen) atoms. The number of carbonyl (C=O) groups excluding carboxylic acids is 3. The van der Waals surface area contributed by atoms with Crippen LogP contribution in [0.2, 0.25) is 0 Å². The SMILES string of the molecule is C.CN(C)C(=O)[C@@H](NC(=O)C(CN(O)C=O)CN1CCCCC1)C(C)(C)C.